The second-order valence-electron chi connectivity index (χ2n) is 3.96. The van der Waals surface area contributed by atoms with Gasteiger partial charge < -0.3 is 9.53 Å². The van der Waals surface area contributed by atoms with E-state index in [-0.39, 0.29) is 5.41 Å². The van der Waals surface area contributed by atoms with Gasteiger partial charge in [-0.25, -0.2) is 0 Å². The first-order chi connectivity index (χ1) is 6.72. The molecule has 1 fully saturated rings. The molecule has 0 aliphatic heterocycles. The average molecular weight is 190 g/mol. The zero-order valence-electron chi connectivity index (χ0n) is 8.54. The molecule has 2 rings (SSSR count). The number of rotatable bonds is 3. The number of carbonyl (C=O) groups is 1. The van der Waals surface area contributed by atoms with E-state index in [0.29, 0.717) is 0 Å². The molecular formula is C12H14O2. The summed E-state index contributed by atoms with van der Waals surface area (Å²) in [4.78, 5) is 10.9. The third-order valence-corrected chi connectivity index (χ3v) is 3.00. The fourth-order valence-corrected chi connectivity index (χ4v) is 1.74. The van der Waals surface area contributed by atoms with Gasteiger partial charge in [-0.15, -0.1) is 0 Å². The average Bonchev–Trinajstić information content (AvgIpc) is 2.99. The van der Waals surface area contributed by atoms with Crippen molar-refractivity contribution in [1.82, 2.24) is 0 Å². The molecule has 14 heavy (non-hydrogen) atoms. The van der Waals surface area contributed by atoms with Gasteiger partial charge in [0.15, 0.2) is 0 Å². The van der Waals surface area contributed by atoms with E-state index in [1.807, 2.05) is 25.1 Å². The highest BCUT2D eigenvalue weighted by Crippen LogP contribution is 2.47. The van der Waals surface area contributed by atoms with Crippen molar-refractivity contribution in [3.8, 4) is 5.75 Å². The van der Waals surface area contributed by atoms with Crippen LogP contribution in [0.4, 0.5) is 0 Å². The SMILES string of the molecule is COc1cc(C2(C=O)CC2)ccc1C. The molecule has 1 aliphatic rings. The van der Waals surface area contributed by atoms with Crippen molar-refractivity contribution < 1.29 is 9.53 Å². The molecule has 0 spiro atoms. The van der Waals surface area contributed by atoms with Crippen LogP contribution in [0.2, 0.25) is 0 Å². The van der Waals surface area contributed by atoms with Gasteiger partial charge in [0.05, 0.1) is 12.5 Å². The summed E-state index contributed by atoms with van der Waals surface area (Å²) in [7, 11) is 1.66. The predicted molar refractivity (Wildman–Crippen MR) is 54.7 cm³/mol. The number of ether oxygens (including phenoxy) is 1. The topological polar surface area (TPSA) is 26.3 Å². The van der Waals surface area contributed by atoms with Gasteiger partial charge in [0.1, 0.15) is 12.0 Å². The molecule has 74 valence electrons. The molecule has 0 unspecified atom stereocenters. The van der Waals surface area contributed by atoms with Crippen molar-refractivity contribution in [1.29, 1.82) is 0 Å². The van der Waals surface area contributed by atoms with Crippen LogP contribution in [0.25, 0.3) is 0 Å². The zero-order chi connectivity index (χ0) is 10.2. The summed E-state index contributed by atoms with van der Waals surface area (Å²) in [5.41, 5.74) is 2.01. The van der Waals surface area contributed by atoms with Gasteiger partial charge in [-0.3, -0.25) is 0 Å². The van der Waals surface area contributed by atoms with Gasteiger partial charge in [0.25, 0.3) is 0 Å². The second-order valence-corrected chi connectivity index (χ2v) is 3.96. The highest BCUT2D eigenvalue weighted by molar-refractivity contribution is 5.73. The standard InChI is InChI=1S/C12H14O2/c1-9-3-4-10(7-11(9)14-2)12(8-13)5-6-12/h3-4,7-8H,5-6H2,1-2H3. The Morgan fingerprint density at radius 2 is 2.14 bits per heavy atom. The quantitative estimate of drug-likeness (QED) is 0.683. The normalized spacial score (nSPS) is 17.6. The molecule has 0 bridgehead atoms. The van der Waals surface area contributed by atoms with E-state index in [2.05, 4.69) is 0 Å². The van der Waals surface area contributed by atoms with Crippen molar-refractivity contribution >= 4 is 6.29 Å². The number of aryl methyl sites for hydroxylation is 1. The lowest BCUT2D eigenvalue weighted by Crippen LogP contribution is -2.07. The van der Waals surface area contributed by atoms with Gasteiger partial charge in [-0.05, 0) is 37.0 Å². The third kappa shape index (κ3) is 1.31. The first-order valence-corrected chi connectivity index (χ1v) is 4.83. The number of benzene rings is 1. The van der Waals surface area contributed by atoms with Crippen molar-refractivity contribution in [3.63, 3.8) is 0 Å². The van der Waals surface area contributed by atoms with Crippen molar-refractivity contribution in [3.05, 3.63) is 29.3 Å². The van der Waals surface area contributed by atoms with E-state index < -0.39 is 0 Å². The first-order valence-electron chi connectivity index (χ1n) is 4.83. The molecule has 2 heteroatoms. The van der Waals surface area contributed by atoms with Crippen LogP contribution >= 0.6 is 0 Å². The van der Waals surface area contributed by atoms with Crippen LogP contribution in [0, 0.1) is 6.92 Å². The Bertz CT molecular complexity index is 365. The first kappa shape index (κ1) is 9.25. The van der Waals surface area contributed by atoms with Gasteiger partial charge in [0.2, 0.25) is 0 Å². The van der Waals surface area contributed by atoms with E-state index in [9.17, 15) is 4.79 Å². The molecular weight excluding hydrogens is 176 g/mol. The van der Waals surface area contributed by atoms with Crippen molar-refractivity contribution in [2.75, 3.05) is 7.11 Å². The number of hydrogen-bond acceptors (Lipinski definition) is 2. The molecule has 2 nitrogen and oxygen atoms in total. The lowest BCUT2D eigenvalue weighted by atomic mass is 9.96. The molecule has 0 aromatic heterocycles. The Hall–Kier alpha value is -1.31. The molecule has 0 N–H and O–H groups in total. The molecule has 1 saturated carbocycles. The summed E-state index contributed by atoms with van der Waals surface area (Å²) >= 11 is 0. The minimum absolute atomic E-state index is 0.193. The Morgan fingerprint density at radius 3 is 2.64 bits per heavy atom. The third-order valence-electron chi connectivity index (χ3n) is 3.00. The minimum atomic E-state index is -0.193. The number of carbonyl (C=O) groups excluding carboxylic acids is 1. The van der Waals surface area contributed by atoms with E-state index >= 15 is 0 Å². The molecule has 0 heterocycles. The lowest BCUT2D eigenvalue weighted by molar-refractivity contribution is -0.109. The molecule has 0 saturated heterocycles. The summed E-state index contributed by atoms with van der Waals surface area (Å²) in [6, 6.07) is 6.02. The van der Waals surface area contributed by atoms with Crippen LogP contribution in [0.5, 0.6) is 5.75 Å². The van der Waals surface area contributed by atoms with Gasteiger partial charge in [0, 0.05) is 0 Å². The second kappa shape index (κ2) is 3.12. The molecule has 1 aliphatic carbocycles. The van der Waals surface area contributed by atoms with Gasteiger partial charge >= 0.3 is 0 Å². The Morgan fingerprint density at radius 1 is 1.43 bits per heavy atom. The predicted octanol–water partition coefficient (Wildman–Crippen LogP) is 2.23. The summed E-state index contributed by atoms with van der Waals surface area (Å²) in [6.45, 7) is 2.00. The smallest absolute Gasteiger partial charge is 0.130 e. The fraction of sp³-hybridized carbons (Fsp3) is 0.417. The molecule has 0 atom stereocenters. The zero-order valence-corrected chi connectivity index (χ0v) is 8.54. The molecule has 1 aromatic rings. The van der Waals surface area contributed by atoms with Gasteiger partial charge in [-0.1, -0.05) is 12.1 Å². The van der Waals surface area contributed by atoms with Crippen LogP contribution in [-0.4, -0.2) is 13.4 Å². The molecule has 0 amide bonds. The monoisotopic (exact) mass is 190 g/mol. The van der Waals surface area contributed by atoms with Gasteiger partial charge in [-0.2, -0.15) is 0 Å². The van der Waals surface area contributed by atoms with Crippen LogP contribution in [0.15, 0.2) is 18.2 Å². The summed E-state index contributed by atoms with van der Waals surface area (Å²) in [5, 5.41) is 0. The minimum Gasteiger partial charge on any atom is -0.496 e. The summed E-state index contributed by atoms with van der Waals surface area (Å²) < 4.78 is 5.24. The fourth-order valence-electron chi connectivity index (χ4n) is 1.74. The van der Waals surface area contributed by atoms with Crippen LogP contribution in [0.1, 0.15) is 24.0 Å². The van der Waals surface area contributed by atoms with E-state index in [0.717, 1.165) is 36.0 Å². The van der Waals surface area contributed by atoms with E-state index in [1.165, 1.54) is 0 Å². The van der Waals surface area contributed by atoms with Crippen LogP contribution in [-0.2, 0) is 10.2 Å². The molecule has 0 radical (unpaired) electrons. The maximum atomic E-state index is 10.9. The molecule has 1 aromatic carbocycles. The van der Waals surface area contributed by atoms with Crippen LogP contribution < -0.4 is 4.74 Å². The lowest BCUT2D eigenvalue weighted by Gasteiger charge is -2.11. The number of aldehydes is 1. The van der Waals surface area contributed by atoms with Crippen molar-refractivity contribution in [2.45, 2.75) is 25.2 Å². The summed E-state index contributed by atoms with van der Waals surface area (Å²) in [5.74, 6) is 0.871. The Balaban J connectivity index is 2.41. The number of methoxy groups -OCH3 is 1. The number of hydrogen-bond donors (Lipinski definition) is 0. The maximum Gasteiger partial charge on any atom is 0.130 e. The van der Waals surface area contributed by atoms with Crippen LogP contribution in [0.3, 0.4) is 0 Å². The highest BCUT2D eigenvalue weighted by atomic mass is 16.5. The Kier molecular flexibility index (Phi) is 2.06. The largest absolute Gasteiger partial charge is 0.496 e. The van der Waals surface area contributed by atoms with E-state index in [1.54, 1.807) is 7.11 Å². The Labute approximate surface area is 83.9 Å². The maximum absolute atomic E-state index is 10.9. The van der Waals surface area contributed by atoms with E-state index in [4.69, 9.17) is 4.74 Å². The summed E-state index contributed by atoms with van der Waals surface area (Å²) in [6.07, 6.45) is 3.02. The highest BCUT2D eigenvalue weighted by Gasteiger charge is 2.44. The van der Waals surface area contributed by atoms with Crippen molar-refractivity contribution in [2.24, 2.45) is 0 Å².